The number of urea groups is 1. The molecule has 9 nitrogen and oxygen atoms in total. The number of rotatable bonds is 8. The molecule has 2 aliphatic rings. The number of amides is 3. The van der Waals surface area contributed by atoms with E-state index in [1.807, 2.05) is 56.3 Å². The summed E-state index contributed by atoms with van der Waals surface area (Å²) < 4.78 is 12.8. The molecule has 1 saturated carbocycles. The van der Waals surface area contributed by atoms with Gasteiger partial charge in [0.05, 0.1) is 36.1 Å². The molecule has 0 spiro atoms. The molecule has 0 bridgehead atoms. The lowest BCUT2D eigenvalue weighted by molar-refractivity contribution is -0.0172. The lowest BCUT2D eigenvalue weighted by Crippen LogP contribution is -2.47. The number of anilines is 2. The molecule has 3 N–H and O–H groups in total. The highest BCUT2D eigenvalue weighted by Gasteiger charge is 2.31. The quantitative estimate of drug-likeness (QED) is 0.259. The number of nitrogens with one attached hydrogen (secondary N) is 2. The molecule has 0 aromatic heterocycles. The first kappa shape index (κ1) is 33.7. The standard InChI is InChI=1S/C37H50N4O5/c1-25-21-41(26(2)24-42)36(43)32-20-30(38-37(44)39-33-14-9-12-29-11-5-6-13-31(29)33)17-18-34(32)46-27(3)10-7-8-19-45-35(25)23-40(4)22-28-15-16-28/h5-6,9,11-14,17-18,20,25-28,35,42H,7-8,10,15-16,19,21-24H2,1-4H3,(H2,38,39,44)/t25-,26+,27-,35-/m1/s1. The molecule has 9 heteroatoms. The maximum Gasteiger partial charge on any atom is 0.323 e. The van der Waals surface area contributed by atoms with E-state index in [0.717, 1.165) is 49.0 Å². The first-order valence-corrected chi connectivity index (χ1v) is 16.8. The highest BCUT2D eigenvalue weighted by atomic mass is 16.5. The van der Waals surface area contributed by atoms with Crippen LogP contribution in [0.2, 0.25) is 0 Å². The Morgan fingerprint density at radius 2 is 1.80 bits per heavy atom. The second-order valence-corrected chi connectivity index (χ2v) is 13.3. The van der Waals surface area contributed by atoms with Gasteiger partial charge in [-0.25, -0.2) is 4.79 Å². The summed E-state index contributed by atoms with van der Waals surface area (Å²) in [6, 6.07) is 18.0. The molecule has 5 rings (SSSR count). The number of hydrogen-bond acceptors (Lipinski definition) is 6. The zero-order valence-corrected chi connectivity index (χ0v) is 27.7. The van der Waals surface area contributed by atoms with Crippen molar-refractivity contribution in [2.45, 2.75) is 71.1 Å². The monoisotopic (exact) mass is 630 g/mol. The lowest BCUT2D eigenvalue weighted by atomic mass is 10.0. The summed E-state index contributed by atoms with van der Waals surface area (Å²) in [7, 11) is 2.15. The predicted molar refractivity (Wildman–Crippen MR) is 184 cm³/mol. The van der Waals surface area contributed by atoms with Crippen molar-refractivity contribution in [3.8, 4) is 5.75 Å². The molecule has 1 fully saturated rings. The number of fused-ring (bicyclic) bond motifs is 2. The van der Waals surface area contributed by atoms with Crippen molar-refractivity contribution in [2.24, 2.45) is 11.8 Å². The molecule has 0 saturated heterocycles. The maximum absolute atomic E-state index is 14.4. The molecule has 1 aliphatic carbocycles. The van der Waals surface area contributed by atoms with Gasteiger partial charge in [-0.1, -0.05) is 43.3 Å². The number of carbonyl (C=O) groups is 2. The minimum atomic E-state index is -0.427. The minimum absolute atomic E-state index is 0.0265. The molecule has 0 unspecified atom stereocenters. The maximum atomic E-state index is 14.4. The Balaban J connectivity index is 1.39. The highest BCUT2D eigenvalue weighted by molar-refractivity contribution is 6.07. The molecular weight excluding hydrogens is 580 g/mol. The van der Waals surface area contributed by atoms with E-state index in [4.69, 9.17) is 9.47 Å². The fourth-order valence-corrected chi connectivity index (χ4v) is 6.20. The van der Waals surface area contributed by atoms with Gasteiger partial charge >= 0.3 is 6.03 Å². The normalized spacial score (nSPS) is 22.1. The zero-order chi connectivity index (χ0) is 32.6. The summed E-state index contributed by atoms with van der Waals surface area (Å²) in [6.07, 6.45) is 5.12. The Labute approximate surface area is 273 Å². The van der Waals surface area contributed by atoms with Crippen molar-refractivity contribution in [1.82, 2.24) is 9.80 Å². The van der Waals surface area contributed by atoms with Crippen LogP contribution in [0.4, 0.5) is 16.2 Å². The number of likely N-dealkylation sites (N-methyl/N-ethyl adjacent to an activating group) is 1. The van der Waals surface area contributed by atoms with E-state index in [1.165, 1.54) is 12.8 Å². The largest absolute Gasteiger partial charge is 0.490 e. The van der Waals surface area contributed by atoms with Gasteiger partial charge in [0.1, 0.15) is 5.75 Å². The number of aliphatic hydroxyl groups excluding tert-OH is 1. The Hall–Kier alpha value is -3.66. The number of nitrogens with zero attached hydrogens (tertiary/aromatic N) is 2. The van der Waals surface area contributed by atoms with E-state index in [-0.39, 0.29) is 30.6 Å². The fraction of sp³-hybridized carbons (Fsp3) is 0.514. The topological polar surface area (TPSA) is 103 Å². The van der Waals surface area contributed by atoms with Crippen molar-refractivity contribution in [3.05, 3.63) is 66.2 Å². The Kier molecular flexibility index (Phi) is 11.5. The number of aliphatic hydroxyl groups is 1. The van der Waals surface area contributed by atoms with E-state index >= 15 is 0 Å². The van der Waals surface area contributed by atoms with Gasteiger partial charge in [0, 0.05) is 43.2 Å². The van der Waals surface area contributed by atoms with Crippen LogP contribution in [-0.2, 0) is 4.74 Å². The summed E-state index contributed by atoms with van der Waals surface area (Å²) in [5.74, 6) is 1.02. The summed E-state index contributed by atoms with van der Waals surface area (Å²) in [4.78, 5) is 31.6. The zero-order valence-electron chi connectivity index (χ0n) is 27.7. The van der Waals surface area contributed by atoms with Crippen molar-refractivity contribution >= 4 is 34.1 Å². The van der Waals surface area contributed by atoms with Gasteiger partial charge in [-0.05, 0) is 88.6 Å². The van der Waals surface area contributed by atoms with Crippen LogP contribution in [0.5, 0.6) is 5.75 Å². The fourth-order valence-electron chi connectivity index (χ4n) is 6.20. The van der Waals surface area contributed by atoms with Gasteiger partial charge in [-0.3, -0.25) is 4.79 Å². The lowest BCUT2D eigenvalue weighted by Gasteiger charge is -2.36. The van der Waals surface area contributed by atoms with Gasteiger partial charge in [0.25, 0.3) is 5.91 Å². The average Bonchev–Trinajstić information content (AvgIpc) is 3.86. The molecule has 0 radical (unpaired) electrons. The SMILES string of the molecule is C[C@@H]1CCCCO[C@H](CN(C)CC2CC2)[C@H](C)CN([C@@H](C)CO)C(=O)c2cc(NC(=O)Nc3cccc4ccccc34)ccc2O1. The summed E-state index contributed by atoms with van der Waals surface area (Å²) >= 11 is 0. The molecule has 46 heavy (non-hydrogen) atoms. The van der Waals surface area contributed by atoms with E-state index < -0.39 is 12.1 Å². The third-order valence-electron chi connectivity index (χ3n) is 9.11. The predicted octanol–water partition coefficient (Wildman–Crippen LogP) is 6.62. The van der Waals surface area contributed by atoms with E-state index in [0.29, 0.717) is 35.8 Å². The van der Waals surface area contributed by atoms with Crippen molar-refractivity contribution in [2.75, 3.05) is 50.5 Å². The second-order valence-electron chi connectivity index (χ2n) is 13.3. The van der Waals surface area contributed by atoms with Crippen LogP contribution < -0.4 is 15.4 Å². The van der Waals surface area contributed by atoms with Crippen molar-refractivity contribution in [3.63, 3.8) is 0 Å². The van der Waals surface area contributed by atoms with Crippen LogP contribution >= 0.6 is 0 Å². The minimum Gasteiger partial charge on any atom is -0.490 e. The highest BCUT2D eigenvalue weighted by Crippen LogP contribution is 2.31. The summed E-state index contributed by atoms with van der Waals surface area (Å²) in [6.45, 7) is 8.75. The van der Waals surface area contributed by atoms with Crippen LogP contribution in [-0.4, -0.2) is 85.0 Å². The Morgan fingerprint density at radius 1 is 1.02 bits per heavy atom. The van der Waals surface area contributed by atoms with E-state index in [2.05, 4.69) is 29.5 Å². The third kappa shape index (κ3) is 8.99. The molecule has 4 atom stereocenters. The molecule has 3 amide bonds. The van der Waals surface area contributed by atoms with Crippen LogP contribution in [0.15, 0.2) is 60.7 Å². The van der Waals surface area contributed by atoms with Gasteiger partial charge in [-0.2, -0.15) is 0 Å². The second kappa shape index (κ2) is 15.8. The van der Waals surface area contributed by atoms with Gasteiger partial charge in [0.2, 0.25) is 0 Å². The van der Waals surface area contributed by atoms with Crippen LogP contribution in [0.1, 0.15) is 63.2 Å². The van der Waals surface area contributed by atoms with Crippen LogP contribution in [0.25, 0.3) is 10.8 Å². The first-order valence-electron chi connectivity index (χ1n) is 16.8. The average molecular weight is 631 g/mol. The molecule has 3 aromatic carbocycles. The molecule has 1 heterocycles. The Morgan fingerprint density at radius 3 is 2.59 bits per heavy atom. The smallest absolute Gasteiger partial charge is 0.323 e. The van der Waals surface area contributed by atoms with Crippen molar-refractivity contribution < 1.29 is 24.2 Å². The van der Waals surface area contributed by atoms with Gasteiger partial charge in [0.15, 0.2) is 0 Å². The van der Waals surface area contributed by atoms with Gasteiger partial charge < -0.3 is 35.0 Å². The third-order valence-corrected chi connectivity index (χ3v) is 9.11. The van der Waals surface area contributed by atoms with Crippen molar-refractivity contribution in [1.29, 1.82) is 0 Å². The van der Waals surface area contributed by atoms with E-state index in [9.17, 15) is 14.7 Å². The summed E-state index contributed by atoms with van der Waals surface area (Å²) in [5.41, 5.74) is 1.51. The first-order chi connectivity index (χ1) is 22.2. The number of ether oxygens (including phenoxy) is 2. The molecular formula is C37H50N4O5. The van der Waals surface area contributed by atoms with E-state index in [1.54, 1.807) is 23.1 Å². The van der Waals surface area contributed by atoms with Gasteiger partial charge in [-0.15, -0.1) is 0 Å². The number of carbonyl (C=O) groups excluding carboxylic acids is 2. The Bertz CT molecular complexity index is 1470. The number of hydrogen-bond donors (Lipinski definition) is 3. The molecule has 1 aliphatic heterocycles. The summed E-state index contributed by atoms with van der Waals surface area (Å²) in [5, 5.41) is 18.0. The molecule has 3 aromatic rings. The van der Waals surface area contributed by atoms with Crippen LogP contribution in [0, 0.1) is 11.8 Å². The molecule has 248 valence electrons. The van der Waals surface area contributed by atoms with Crippen LogP contribution in [0.3, 0.4) is 0 Å². The number of benzene rings is 3.